The van der Waals surface area contributed by atoms with Crippen LogP contribution in [0.3, 0.4) is 0 Å². The van der Waals surface area contributed by atoms with Gasteiger partial charge in [-0.1, -0.05) is 6.92 Å². The molecule has 3 nitrogen and oxygen atoms in total. The zero-order valence-corrected chi connectivity index (χ0v) is 9.23. The highest BCUT2D eigenvalue weighted by molar-refractivity contribution is 7.11. The lowest BCUT2D eigenvalue weighted by Crippen LogP contribution is -2.07. The van der Waals surface area contributed by atoms with Gasteiger partial charge in [-0.25, -0.2) is 4.98 Å². The van der Waals surface area contributed by atoms with Gasteiger partial charge in [-0.3, -0.25) is 4.79 Å². The van der Waals surface area contributed by atoms with Gasteiger partial charge in [-0.05, 0) is 19.4 Å². The van der Waals surface area contributed by atoms with Crippen LogP contribution in [0, 0.1) is 11.8 Å². The Kier molecular flexibility index (Phi) is 2.65. The first-order valence-corrected chi connectivity index (χ1v) is 5.73. The van der Waals surface area contributed by atoms with E-state index in [-0.39, 0.29) is 11.7 Å². The number of hydrogen-bond donors (Lipinski definition) is 1. The summed E-state index contributed by atoms with van der Waals surface area (Å²) in [7, 11) is 1.88. The Morgan fingerprint density at radius 3 is 3.07 bits per heavy atom. The highest BCUT2D eigenvalue weighted by Crippen LogP contribution is 2.40. The van der Waals surface area contributed by atoms with Crippen LogP contribution in [0.1, 0.15) is 28.8 Å². The van der Waals surface area contributed by atoms with E-state index < -0.39 is 0 Å². The van der Waals surface area contributed by atoms with Gasteiger partial charge >= 0.3 is 0 Å². The number of carbonyl (C=O) groups is 1. The third-order valence-electron chi connectivity index (χ3n) is 2.57. The van der Waals surface area contributed by atoms with Crippen LogP contribution in [0.4, 0.5) is 0 Å². The molecule has 1 N–H and O–H groups in total. The minimum atomic E-state index is 0.241. The fourth-order valence-electron chi connectivity index (χ4n) is 1.53. The Bertz CT molecular complexity index is 348. The Morgan fingerprint density at radius 2 is 2.50 bits per heavy atom. The van der Waals surface area contributed by atoms with Crippen molar-refractivity contribution in [3.63, 3.8) is 0 Å². The molecule has 1 aromatic heterocycles. The van der Waals surface area contributed by atoms with Gasteiger partial charge in [0.05, 0.1) is 5.69 Å². The van der Waals surface area contributed by atoms with Crippen molar-refractivity contribution in [2.45, 2.75) is 19.9 Å². The third-order valence-corrected chi connectivity index (χ3v) is 3.47. The average molecular weight is 210 g/mol. The van der Waals surface area contributed by atoms with Crippen LogP contribution in [0.5, 0.6) is 0 Å². The molecule has 1 fully saturated rings. The van der Waals surface area contributed by atoms with E-state index in [9.17, 15) is 4.79 Å². The van der Waals surface area contributed by atoms with Gasteiger partial charge in [0.1, 0.15) is 0 Å². The Labute approximate surface area is 87.6 Å². The van der Waals surface area contributed by atoms with E-state index in [0.717, 1.165) is 18.7 Å². The van der Waals surface area contributed by atoms with Crippen molar-refractivity contribution >= 4 is 17.1 Å². The van der Waals surface area contributed by atoms with Crippen LogP contribution in [0.25, 0.3) is 0 Å². The molecule has 1 saturated carbocycles. The Morgan fingerprint density at radius 1 is 1.79 bits per heavy atom. The van der Waals surface area contributed by atoms with Crippen LogP contribution in [-0.4, -0.2) is 17.8 Å². The van der Waals surface area contributed by atoms with Gasteiger partial charge in [-0.2, -0.15) is 0 Å². The summed E-state index contributed by atoms with van der Waals surface area (Å²) in [6.07, 6.45) is 1.04. The molecule has 4 heteroatoms. The highest BCUT2D eigenvalue weighted by Gasteiger charge is 2.40. The first kappa shape index (κ1) is 9.80. The van der Waals surface area contributed by atoms with Crippen molar-refractivity contribution in [2.75, 3.05) is 7.05 Å². The minimum absolute atomic E-state index is 0.241. The van der Waals surface area contributed by atoms with Crippen molar-refractivity contribution in [2.24, 2.45) is 11.8 Å². The van der Waals surface area contributed by atoms with E-state index in [1.807, 2.05) is 12.4 Å². The standard InChI is InChI=1S/C10H14N2OS/c1-6-3-8(6)9(13)10-12-7(4-11-2)5-14-10/h5-6,8,11H,3-4H2,1-2H3. The zero-order valence-electron chi connectivity index (χ0n) is 8.41. The number of nitrogens with zero attached hydrogens (tertiary/aromatic N) is 1. The molecule has 1 aliphatic carbocycles. The van der Waals surface area contributed by atoms with E-state index >= 15 is 0 Å². The molecule has 76 valence electrons. The molecule has 0 spiro atoms. The van der Waals surface area contributed by atoms with Crippen LogP contribution in [0.2, 0.25) is 0 Å². The van der Waals surface area contributed by atoms with Gasteiger partial charge in [0.15, 0.2) is 10.8 Å². The number of rotatable bonds is 4. The minimum Gasteiger partial charge on any atom is -0.314 e. The van der Waals surface area contributed by atoms with E-state index in [1.165, 1.54) is 11.3 Å². The van der Waals surface area contributed by atoms with E-state index in [4.69, 9.17) is 0 Å². The molecule has 1 heterocycles. The normalized spacial score (nSPS) is 25.0. The van der Waals surface area contributed by atoms with E-state index in [1.54, 1.807) is 0 Å². The number of nitrogens with one attached hydrogen (secondary N) is 1. The molecule has 0 bridgehead atoms. The van der Waals surface area contributed by atoms with Crippen LogP contribution >= 0.6 is 11.3 Å². The number of hydrogen-bond acceptors (Lipinski definition) is 4. The highest BCUT2D eigenvalue weighted by atomic mass is 32.1. The van der Waals surface area contributed by atoms with Crippen molar-refractivity contribution in [3.05, 3.63) is 16.1 Å². The molecule has 0 aliphatic heterocycles. The summed E-state index contributed by atoms with van der Waals surface area (Å²) in [5.74, 6) is 1.06. The third kappa shape index (κ3) is 1.86. The first-order chi connectivity index (χ1) is 6.72. The second-order valence-corrected chi connectivity index (χ2v) is 4.72. The molecule has 2 unspecified atom stereocenters. The second-order valence-electron chi connectivity index (χ2n) is 3.86. The molecular formula is C10H14N2OS. The fourth-order valence-corrected chi connectivity index (χ4v) is 2.35. The lowest BCUT2D eigenvalue weighted by molar-refractivity contribution is 0.0962. The fraction of sp³-hybridized carbons (Fsp3) is 0.600. The number of carbonyl (C=O) groups excluding carboxylic acids is 1. The van der Waals surface area contributed by atoms with Crippen molar-refractivity contribution in [3.8, 4) is 0 Å². The van der Waals surface area contributed by atoms with Crippen LogP contribution < -0.4 is 5.32 Å². The van der Waals surface area contributed by atoms with Gasteiger partial charge in [0.25, 0.3) is 0 Å². The summed E-state index contributed by atoms with van der Waals surface area (Å²) in [4.78, 5) is 16.1. The summed E-state index contributed by atoms with van der Waals surface area (Å²) < 4.78 is 0. The predicted molar refractivity (Wildman–Crippen MR) is 56.5 cm³/mol. The molecule has 14 heavy (non-hydrogen) atoms. The second kappa shape index (κ2) is 3.79. The SMILES string of the molecule is CNCc1csc(C(=O)C2CC2C)n1. The van der Waals surface area contributed by atoms with Gasteiger partial charge in [0.2, 0.25) is 0 Å². The number of aromatic nitrogens is 1. The number of Topliss-reactive ketones (excluding diaryl/α,β-unsaturated/α-hetero) is 1. The van der Waals surface area contributed by atoms with Gasteiger partial charge < -0.3 is 5.32 Å². The van der Waals surface area contributed by atoms with E-state index in [0.29, 0.717) is 10.9 Å². The van der Waals surface area contributed by atoms with Crippen LogP contribution in [0.15, 0.2) is 5.38 Å². The van der Waals surface area contributed by atoms with Gasteiger partial charge in [0, 0.05) is 17.8 Å². The summed E-state index contributed by atoms with van der Waals surface area (Å²) >= 11 is 1.47. The molecular weight excluding hydrogens is 196 g/mol. The first-order valence-electron chi connectivity index (χ1n) is 4.85. The maximum atomic E-state index is 11.8. The monoisotopic (exact) mass is 210 g/mol. The molecule has 1 aromatic rings. The summed E-state index contributed by atoms with van der Waals surface area (Å²) in [5, 5.41) is 5.66. The van der Waals surface area contributed by atoms with Crippen LogP contribution in [-0.2, 0) is 6.54 Å². The molecule has 0 amide bonds. The molecule has 1 aliphatic rings. The molecule has 2 rings (SSSR count). The maximum absolute atomic E-state index is 11.8. The largest absolute Gasteiger partial charge is 0.314 e. The maximum Gasteiger partial charge on any atom is 0.194 e. The quantitative estimate of drug-likeness (QED) is 0.769. The molecule has 0 radical (unpaired) electrons. The molecule has 0 saturated heterocycles. The van der Waals surface area contributed by atoms with Crippen molar-refractivity contribution in [1.82, 2.24) is 10.3 Å². The van der Waals surface area contributed by atoms with E-state index in [2.05, 4.69) is 17.2 Å². The van der Waals surface area contributed by atoms with Crippen molar-refractivity contribution in [1.29, 1.82) is 0 Å². The summed E-state index contributed by atoms with van der Waals surface area (Å²) in [5.41, 5.74) is 0.967. The lowest BCUT2D eigenvalue weighted by atomic mass is 10.2. The summed E-state index contributed by atoms with van der Waals surface area (Å²) in [6.45, 7) is 2.86. The Hall–Kier alpha value is -0.740. The average Bonchev–Trinajstić information content (AvgIpc) is 2.71. The molecule has 0 aromatic carbocycles. The number of thiazole rings is 1. The summed E-state index contributed by atoms with van der Waals surface area (Å²) in [6, 6.07) is 0. The van der Waals surface area contributed by atoms with Crippen molar-refractivity contribution < 1.29 is 4.79 Å². The Balaban J connectivity index is 2.05. The van der Waals surface area contributed by atoms with Gasteiger partial charge in [-0.15, -0.1) is 11.3 Å². The lowest BCUT2D eigenvalue weighted by Gasteiger charge is -1.93. The predicted octanol–water partition coefficient (Wildman–Crippen LogP) is 1.70. The zero-order chi connectivity index (χ0) is 10.1. The number of ketones is 1. The topological polar surface area (TPSA) is 42.0 Å². The smallest absolute Gasteiger partial charge is 0.194 e. The molecule has 2 atom stereocenters.